The third-order valence-corrected chi connectivity index (χ3v) is 26.0. The summed E-state index contributed by atoms with van der Waals surface area (Å²) in [7, 11) is 4.58. The molecule has 632 valence electrons. The number of ether oxygens (including phenoxy) is 8. The summed E-state index contributed by atoms with van der Waals surface area (Å²) >= 11 is 0. The van der Waals surface area contributed by atoms with Gasteiger partial charge in [-0.15, -0.1) is 0 Å². The molecule has 0 aliphatic rings. The molecule has 122 heavy (non-hydrogen) atoms. The third kappa shape index (κ3) is 15.9. The van der Waals surface area contributed by atoms with Crippen molar-refractivity contribution < 1.29 is 89.6 Å². The summed E-state index contributed by atoms with van der Waals surface area (Å²) < 4.78 is 130. The molecule has 12 aromatic carbocycles. The van der Waals surface area contributed by atoms with Crippen LogP contribution in [-0.4, -0.2) is 56.9 Å². The Balaban J connectivity index is 0.000000190. The van der Waals surface area contributed by atoms with Gasteiger partial charge in [0.05, 0.1) is 68.0 Å². The second-order valence-corrected chi connectivity index (χ2v) is 35.2. The fourth-order valence-electron chi connectivity index (χ4n) is 16.3. The predicted octanol–water partition coefficient (Wildman–Crippen LogP) is 30.1. The molecule has 0 bridgehead atoms. The maximum atomic E-state index is 7.08. The van der Waals surface area contributed by atoms with Crippen molar-refractivity contribution in [3.63, 3.8) is 0 Å². The molecule has 0 atom stereocenters. The predicted molar refractivity (Wildman–Crippen MR) is 491 cm³/mol. The first-order chi connectivity index (χ1) is 58.4. The van der Waals surface area contributed by atoms with E-state index in [-0.39, 0.29) is 0 Å². The van der Waals surface area contributed by atoms with Gasteiger partial charge >= 0.3 is 33.0 Å². The van der Waals surface area contributed by atoms with E-state index in [4.69, 9.17) is 89.6 Å². The number of benzene rings is 12. The van der Waals surface area contributed by atoms with Crippen molar-refractivity contribution in [2.24, 2.45) is 0 Å². The van der Waals surface area contributed by atoms with Crippen LogP contribution in [0.2, 0.25) is 0 Å². The van der Waals surface area contributed by atoms with Crippen molar-refractivity contribution in [3.8, 4) is 91.2 Å². The Bertz CT molecular complexity index is 6420. The standard InChI is InChI=1S/C50H52O10P2.C48H48O10P2/c1-25-15-29(5)43-35(19-25)36-20-26(2)16-30(6)44(36)56-61(55-43)59-47-33(9)23-39(51-11)49(53-13)41(47)42-48(34(10)24-40(52-12)50(42)54-14)60-62-57-45-31(7)17-27(3)21-37(45)38-22-28(4)18-32(8)46(38)58-62;1-25-13-15-27(3)47(57-59-53-43-29(5)17-33(49-9)21-37(43)38-22-34(50-10)18-30(6)44(38)54-59)41(25)42-26(2)14-16-28(4)48(42)58-60-55-45-31(7)19-35(51-11)23-39(45)40-24-36(52-12)20-32(8)46(40)56-60/h15-24H,1-14H3;13-24H,1-12H3. The molecule has 0 aliphatic heterocycles. The van der Waals surface area contributed by atoms with E-state index in [0.29, 0.717) is 136 Å². The number of hydrogen-bond acceptors (Lipinski definition) is 20. The van der Waals surface area contributed by atoms with Crippen molar-refractivity contribution in [1.29, 1.82) is 0 Å². The number of fused-ring (bicyclic) bond motifs is 12. The minimum Gasteiger partial charge on any atom is -0.497 e. The Morgan fingerprint density at radius 2 is 0.385 bits per heavy atom. The molecule has 0 amide bonds. The van der Waals surface area contributed by atoms with Crippen molar-refractivity contribution >= 4 is 121 Å². The molecule has 0 saturated heterocycles. The molecule has 16 rings (SSSR count). The van der Waals surface area contributed by atoms with Crippen molar-refractivity contribution in [1.82, 2.24) is 0 Å². The highest BCUT2D eigenvalue weighted by Crippen LogP contribution is 2.60. The summed E-state index contributed by atoms with van der Waals surface area (Å²) in [6.45, 7) is 36.5. The molecular formula is C98H100O20P4. The Labute approximate surface area is 712 Å². The Kier molecular flexibility index (Phi) is 23.9. The minimum absolute atomic E-state index is 0.358. The topological polar surface area (TPSA) is 216 Å². The fraction of sp³-hybridized carbons (Fsp3) is 0.265. The van der Waals surface area contributed by atoms with Crippen LogP contribution in [0.25, 0.3) is 110 Å². The lowest BCUT2D eigenvalue weighted by Crippen LogP contribution is -2.03. The maximum absolute atomic E-state index is 7.08. The molecule has 20 nitrogen and oxygen atoms in total. The first-order valence-corrected chi connectivity index (χ1v) is 44.1. The highest BCUT2D eigenvalue weighted by Gasteiger charge is 2.34. The lowest BCUT2D eigenvalue weighted by Gasteiger charge is -2.23. The molecule has 0 aliphatic carbocycles. The first-order valence-electron chi connectivity index (χ1n) is 39.8. The van der Waals surface area contributed by atoms with Crippen LogP contribution in [0.3, 0.4) is 0 Å². The summed E-state index contributed by atoms with van der Waals surface area (Å²) in [5.74, 6) is 6.45. The molecule has 0 radical (unpaired) electrons. The second kappa shape index (κ2) is 34.4. The van der Waals surface area contributed by atoms with Crippen LogP contribution in [0.4, 0.5) is 0 Å². The summed E-state index contributed by atoms with van der Waals surface area (Å²) in [6.07, 6.45) is 0. The summed E-state index contributed by atoms with van der Waals surface area (Å²) in [6, 6.07) is 44.5. The van der Waals surface area contributed by atoms with Crippen LogP contribution >= 0.6 is 33.0 Å². The van der Waals surface area contributed by atoms with E-state index in [1.54, 1.807) is 56.9 Å². The van der Waals surface area contributed by atoms with Crippen LogP contribution in [0.15, 0.2) is 167 Å². The van der Waals surface area contributed by atoms with Gasteiger partial charge in [-0.2, -0.15) is 0 Å². The van der Waals surface area contributed by atoms with E-state index in [9.17, 15) is 0 Å². The van der Waals surface area contributed by atoms with Gasteiger partial charge in [-0.25, -0.2) is 0 Å². The van der Waals surface area contributed by atoms with Gasteiger partial charge in [-0.05, 0) is 310 Å². The Hall–Kier alpha value is -12.2. The van der Waals surface area contributed by atoms with Crippen molar-refractivity contribution in [2.45, 2.75) is 125 Å². The number of methoxy groups -OCH3 is 8. The molecule has 24 heteroatoms. The number of aryl methyl sites for hydroxylation is 18. The first kappa shape index (κ1) is 84.8. The Morgan fingerprint density at radius 1 is 0.180 bits per heavy atom. The summed E-state index contributed by atoms with van der Waals surface area (Å²) in [5.41, 5.74) is 24.8. The minimum atomic E-state index is -2.14. The summed E-state index contributed by atoms with van der Waals surface area (Å²) in [5, 5.41) is 7.03. The highest BCUT2D eigenvalue weighted by atomic mass is 31.1. The molecule has 16 aromatic rings. The largest absolute Gasteiger partial charge is 0.497 e. The van der Waals surface area contributed by atoms with E-state index in [1.165, 1.54) is 0 Å². The molecule has 0 unspecified atom stereocenters. The molecule has 0 fully saturated rings. The lowest BCUT2D eigenvalue weighted by atomic mass is 9.91. The quantitative estimate of drug-likeness (QED) is 0.0780. The van der Waals surface area contributed by atoms with E-state index in [2.05, 4.69) is 102 Å². The smallest absolute Gasteiger partial charge is 0.453 e. The van der Waals surface area contributed by atoms with Gasteiger partial charge in [0.15, 0.2) is 34.5 Å². The molecular weight excluding hydrogens is 1620 g/mol. The highest BCUT2D eigenvalue weighted by molar-refractivity contribution is 7.33. The normalized spacial score (nSPS) is 11.4. The molecule has 0 saturated carbocycles. The van der Waals surface area contributed by atoms with Crippen LogP contribution in [-0.2, 0) is 0 Å². The van der Waals surface area contributed by atoms with Crippen LogP contribution in [0.5, 0.6) is 69.0 Å². The maximum Gasteiger partial charge on any atom is 0.453 e. The van der Waals surface area contributed by atoms with Gasteiger partial charge in [-0.3, -0.25) is 0 Å². The lowest BCUT2D eigenvalue weighted by molar-refractivity contribution is 0.349. The second-order valence-electron chi connectivity index (χ2n) is 31.2. The average Bonchev–Trinajstić information content (AvgIpc) is 1.01. The zero-order valence-electron chi connectivity index (χ0n) is 73.7. The fourth-order valence-corrected chi connectivity index (χ4v) is 21.4. The van der Waals surface area contributed by atoms with E-state index in [0.717, 1.165) is 143 Å². The summed E-state index contributed by atoms with van der Waals surface area (Å²) in [4.78, 5) is 0. The van der Waals surface area contributed by atoms with Gasteiger partial charge < -0.3 is 89.6 Å². The zero-order chi connectivity index (χ0) is 86.9. The van der Waals surface area contributed by atoms with Crippen LogP contribution in [0, 0.1) is 125 Å². The monoisotopic (exact) mass is 1720 g/mol. The van der Waals surface area contributed by atoms with Crippen molar-refractivity contribution in [2.75, 3.05) is 56.9 Å². The third-order valence-electron chi connectivity index (χ3n) is 22.0. The van der Waals surface area contributed by atoms with Crippen molar-refractivity contribution in [3.05, 3.63) is 234 Å². The molecule has 4 heterocycles. The average molecular weight is 1720 g/mol. The molecule has 4 aromatic heterocycles. The van der Waals surface area contributed by atoms with Gasteiger partial charge in [0, 0.05) is 54.2 Å². The van der Waals surface area contributed by atoms with E-state index < -0.39 is 33.0 Å². The van der Waals surface area contributed by atoms with Gasteiger partial charge in [0.2, 0.25) is 0 Å². The van der Waals surface area contributed by atoms with Gasteiger partial charge in [0.25, 0.3) is 0 Å². The Morgan fingerprint density at radius 3 is 0.598 bits per heavy atom. The number of hydrogen-bond donors (Lipinski definition) is 0. The zero-order valence-corrected chi connectivity index (χ0v) is 77.2. The SMILES string of the molecule is COc1cc(C)c(Op2oc3c(C)cc(C)cc3c3cc(C)cc(C)c3o2)c(-c2c(Op3oc4c(C)cc(C)cc4c4cc(C)cc(C)c4o3)c(C)cc(OC)c2OC)c1OC.COc1cc(C)c2op(Oc3c(C)ccc(C)c3-c3c(C)ccc(C)c3Op3oc4c(C)cc(OC)cc4c4cc(OC)cc(C)c4o3)oc3c(C)cc(OC)cc3c2c1. The van der Waals surface area contributed by atoms with E-state index in [1.807, 2.05) is 156 Å². The van der Waals surface area contributed by atoms with Crippen LogP contribution in [0.1, 0.15) is 100 Å². The van der Waals surface area contributed by atoms with Gasteiger partial charge in [-0.1, -0.05) is 48.5 Å². The molecule has 0 N–H and O–H groups in total. The van der Waals surface area contributed by atoms with Crippen LogP contribution < -0.4 is 56.0 Å². The molecule has 0 spiro atoms. The number of rotatable bonds is 18. The van der Waals surface area contributed by atoms with Gasteiger partial charge in [0.1, 0.15) is 79.2 Å². The van der Waals surface area contributed by atoms with E-state index >= 15 is 0 Å².